The van der Waals surface area contributed by atoms with E-state index in [0.717, 1.165) is 24.5 Å². The number of carbonyl (C=O) groups is 1. The third kappa shape index (κ3) is 2.91. The second kappa shape index (κ2) is 6.47. The van der Waals surface area contributed by atoms with Crippen LogP contribution in [0.15, 0.2) is 36.4 Å². The van der Waals surface area contributed by atoms with Gasteiger partial charge in [-0.1, -0.05) is 12.1 Å². The van der Waals surface area contributed by atoms with E-state index in [1.807, 2.05) is 12.1 Å². The molecule has 0 aromatic heterocycles. The summed E-state index contributed by atoms with van der Waals surface area (Å²) in [6, 6.07) is 8.44. The zero-order valence-electron chi connectivity index (χ0n) is 13.1. The van der Waals surface area contributed by atoms with Gasteiger partial charge >= 0.3 is 0 Å². The van der Waals surface area contributed by atoms with Crippen LogP contribution in [0.4, 0.5) is 8.78 Å². The number of likely N-dealkylation sites (tertiary alicyclic amines) is 1. The van der Waals surface area contributed by atoms with E-state index in [2.05, 4.69) is 0 Å². The lowest BCUT2D eigenvalue weighted by Crippen LogP contribution is -2.31. The molecule has 6 heteroatoms. The van der Waals surface area contributed by atoms with Gasteiger partial charge in [0.05, 0.1) is 13.2 Å². The van der Waals surface area contributed by atoms with Crippen molar-refractivity contribution in [1.82, 2.24) is 4.90 Å². The quantitative estimate of drug-likeness (QED) is 0.933. The zero-order chi connectivity index (χ0) is 17.3. The molecule has 1 heterocycles. The number of nitrogens with zero attached hydrogens (tertiary/aromatic N) is 1. The first-order chi connectivity index (χ1) is 11.5. The lowest BCUT2D eigenvalue weighted by Gasteiger charge is -2.25. The van der Waals surface area contributed by atoms with Crippen molar-refractivity contribution in [1.29, 1.82) is 0 Å². The Morgan fingerprint density at radius 3 is 2.58 bits per heavy atom. The second-order valence-corrected chi connectivity index (χ2v) is 5.71. The Balaban J connectivity index is 1.91. The molecule has 1 aliphatic heterocycles. The van der Waals surface area contributed by atoms with E-state index in [9.17, 15) is 18.7 Å². The van der Waals surface area contributed by atoms with Gasteiger partial charge in [-0.2, -0.15) is 0 Å². The monoisotopic (exact) mass is 333 g/mol. The summed E-state index contributed by atoms with van der Waals surface area (Å²) in [6.45, 7) is 0.450. The number of methoxy groups -OCH3 is 1. The molecule has 0 spiro atoms. The number of benzene rings is 2. The minimum absolute atomic E-state index is 0.216. The summed E-state index contributed by atoms with van der Waals surface area (Å²) in [5.74, 6) is -2.59. The molecule has 24 heavy (non-hydrogen) atoms. The second-order valence-electron chi connectivity index (χ2n) is 5.71. The maximum Gasteiger partial charge on any atom is 0.261 e. The van der Waals surface area contributed by atoms with Gasteiger partial charge in [0.25, 0.3) is 5.91 Å². The molecule has 1 N–H and O–H groups in total. The molecule has 0 bridgehead atoms. The van der Waals surface area contributed by atoms with E-state index in [-0.39, 0.29) is 6.04 Å². The lowest BCUT2D eigenvalue weighted by atomic mass is 10.0. The Morgan fingerprint density at radius 1 is 1.25 bits per heavy atom. The first-order valence-corrected chi connectivity index (χ1v) is 7.64. The van der Waals surface area contributed by atoms with Crippen LogP contribution in [0, 0.1) is 11.6 Å². The summed E-state index contributed by atoms with van der Waals surface area (Å²) < 4.78 is 32.2. The molecule has 0 saturated carbocycles. The van der Waals surface area contributed by atoms with E-state index in [1.165, 1.54) is 4.90 Å². The first-order valence-electron chi connectivity index (χ1n) is 7.64. The van der Waals surface area contributed by atoms with E-state index >= 15 is 0 Å². The number of carbonyl (C=O) groups excluding carboxylic acids is 1. The van der Waals surface area contributed by atoms with Crippen LogP contribution in [-0.2, 0) is 0 Å². The fourth-order valence-electron chi connectivity index (χ4n) is 3.10. The van der Waals surface area contributed by atoms with Gasteiger partial charge in [-0.3, -0.25) is 4.79 Å². The number of amides is 1. The van der Waals surface area contributed by atoms with Crippen molar-refractivity contribution in [3.05, 3.63) is 59.2 Å². The average molecular weight is 333 g/mol. The van der Waals surface area contributed by atoms with Gasteiger partial charge in [-0.25, -0.2) is 8.78 Å². The molecule has 3 rings (SSSR count). The highest BCUT2D eigenvalue weighted by Gasteiger charge is 2.33. The largest absolute Gasteiger partial charge is 0.507 e. The number of phenolic OH excluding ortho intramolecular Hbond substituents is 1. The molecule has 0 radical (unpaired) electrons. The molecule has 1 aliphatic rings. The van der Waals surface area contributed by atoms with Gasteiger partial charge in [0.15, 0.2) is 0 Å². The molecule has 2 aromatic carbocycles. The molecule has 126 valence electrons. The van der Waals surface area contributed by atoms with Crippen LogP contribution in [0.25, 0.3) is 0 Å². The summed E-state index contributed by atoms with van der Waals surface area (Å²) in [6.07, 6.45) is 1.51. The third-order valence-electron chi connectivity index (χ3n) is 4.26. The third-order valence-corrected chi connectivity index (χ3v) is 4.26. The zero-order valence-corrected chi connectivity index (χ0v) is 13.1. The molecule has 0 aliphatic carbocycles. The SMILES string of the molecule is COc1ccc(C2CCCN2C(=O)c2c(O)cc(F)cc2F)cc1. The number of hydrogen-bond donors (Lipinski definition) is 1. The molecule has 1 unspecified atom stereocenters. The van der Waals surface area contributed by atoms with Crippen molar-refractivity contribution < 1.29 is 23.4 Å². The van der Waals surface area contributed by atoms with E-state index in [0.29, 0.717) is 18.4 Å². The minimum Gasteiger partial charge on any atom is -0.507 e. The maximum atomic E-state index is 14.0. The van der Waals surface area contributed by atoms with Crippen molar-refractivity contribution in [2.24, 2.45) is 0 Å². The van der Waals surface area contributed by atoms with Gasteiger partial charge in [-0.05, 0) is 30.5 Å². The topological polar surface area (TPSA) is 49.8 Å². The van der Waals surface area contributed by atoms with Gasteiger partial charge in [0.2, 0.25) is 0 Å². The summed E-state index contributed by atoms with van der Waals surface area (Å²) in [5.41, 5.74) is 0.417. The predicted molar refractivity (Wildman–Crippen MR) is 84.0 cm³/mol. The highest BCUT2D eigenvalue weighted by Crippen LogP contribution is 2.35. The fraction of sp³-hybridized carbons (Fsp3) is 0.278. The number of aromatic hydroxyl groups is 1. The van der Waals surface area contributed by atoms with Crippen molar-refractivity contribution in [3.8, 4) is 11.5 Å². The first kappa shape index (κ1) is 16.2. The summed E-state index contributed by atoms with van der Waals surface area (Å²) in [5, 5.41) is 9.78. The lowest BCUT2D eigenvalue weighted by molar-refractivity contribution is 0.0727. The molecule has 1 saturated heterocycles. The van der Waals surface area contributed by atoms with Crippen molar-refractivity contribution >= 4 is 5.91 Å². The standard InChI is InChI=1S/C18H17F2NO3/c1-24-13-6-4-11(5-7-13)15-3-2-8-21(15)18(23)17-14(20)9-12(19)10-16(17)22/h4-7,9-10,15,22H,2-3,8H2,1H3. The predicted octanol–water partition coefficient (Wildman–Crippen LogP) is 3.66. The van der Waals surface area contributed by atoms with Crippen molar-refractivity contribution in [3.63, 3.8) is 0 Å². The van der Waals surface area contributed by atoms with Crippen molar-refractivity contribution in [2.75, 3.05) is 13.7 Å². The number of halogens is 2. The van der Waals surface area contributed by atoms with Gasteiger partial charge in [-0.15, -0.1) is 0 Å². The normalized spacial score (nSPS) is 17.1. The number of phenols is 1. The Hall–Kier alpha value is -2.63. The molecule has 2 aromatic rings. The van der Waals surface area contributed by atoms with Gasteiger partial charge in [0.1, 0.15) is 28.7 Å². The summed E-state index contributed by atoms with van der Waals surface area (Å²) in [4.78, 5) is 14.2. The van der Waals surface area contributed by atoms with Crippen LogP contribution in [0.1, 0.15) is 34.8 Å². The molecular weight excluding hydrogens is 316 g/mol. The van der Waals surface area contributed by atoms with Crippen LogP contribution >= 0.6 is 0 Å². The Morgan fingerprint density at radius 2 is 1.96 bits per heavy atom. The van der Waals surface area contributed by atoms with Gasteiger partial charge in [0, 0.05) is 18.7 Å². The smallest absolute Gasteiger partial charge is 0.261 e. The maximum absolute atomic E-state index is 14.0. The van der Waals surface area contributed by atoms with Crippen LogP contribution in [0.2, 0.25) is 0 Å². The van der Waals surface area contributed by atoms with Crippen LogP contribution in [-0.4, -0.2) is 29.6 Å². The fourth-order valence-corrected chi connectivity index (χ4v) is 3.10. The highest BCUT2D eigenvalue weighted by atomic mass is 19.1. The number of rotatable bonds is 3. The van der Waals surface area contributed by atoms with Gasteiger partial charge < -0.3 is 14.7 Å². The van der Waals surface area contributed by atoms with Crippen LogP contribution in [0.3, 0.4) is 0 Å². The Kier molecular flexibility index (Phi) is 4.38. The minimum atomic E-state index is -1.06. The molecule has 1 atom stereocenters. The number of hydrogen-bond acceptors (Lipinski definition) is 3. The molecular formula is C18H17F2NO3. The summed E-state index contributed by atoms with van der Waals surface area (Å²) in [7, 11) is 1.57. The Labute approximate surface area is 138 Å². The number of ether oxygens (including phenoxy) is 1. The van der Waals surface area contributed by atoms with E-state index in [1.54, 1.807) is 19.2 Å². The average Bonchev–Trinajstić information content (AvgIpc) is 3.03. The summed E-state index contributed by atoms with van der Waals surface area (Å²) >= 11 is 0. The highest BCUT2D eigenvalue weighted by molar-refractivity contribution is 5.97. The molecule has 4 nitrogen and oxygen atoms in total. The molecule has 1 fully saturated rings. The van der Waals surface area contributed by atoms with Crippen LogP contribution in [0.5, 0.6) is 11.5 Å². The molecule has 1 amide bonds. The van der Waals surface area contributed by atoms with Crippen LogP contribution < -0.4 is 4.74 Å². The van der Waals surface area contributed by atoms with E-state index in [4.69, 9.17) is 4.74 Å². The van der Waals surface area contributed by atoms with Crippen molar-refractivity contribution in [2.45, 2.75) is 18.9 Å². The van der Waals surface area contributed by atoms with E-state index < -0.39 is 28.9 Å². The Bertz CT molecular complexity index is 738.